The van der Waals surface area contributed by atoms with Gasteiger partial charge in [0.15, 0.2) is 0 Å². The summed E-state index contributed by atoms with van der Waals surface area (Å²) in [6.07, 6.45) is 3.79. The third-order valence-electron chi connectivity index (χ3n) is 4.09. The van der Waals surface area contributed by atoms with Crippen LogP contribution in [0.4, 0.5) is 4.39 Å². The van der Waals surface area contributed by atoms with Crippen LogP contribution in [0.3, 0.4) is 0 Å². The molecule has 1 aromatic rings. The van der Waals surface area contributed by atoms with Gasteiger partial charge in [0, 0.05) is 5.33 Å². The Balaban J connectivity index is 2.34. The Hall–Kier alpha value is -0.880. The predicted molar refractivity (Wildman–Crippen MR) is 74.0 cm³/mol. The number of alkyl halides is 1. The second-order valence-electron chi connectivity index (χ2n) is 5.32. The molecule has 1 aromatic carbocycles. The van der Waals surface area contributed by atoms with Gasteiger partial charge in [-0.3, -0.25) is 0 Å². The highest BCUT2D eigenvalue weighted by Gasteiger charge is 2.36. The van der Waals surface area contributed by atoms with E-state index in [-0.39, 0.29) is 5.82 Å². The molecule has 0 spiro atoms. The van der Waals surface area contributed by atoms with Gasteiger partial charge in [-0.15, -0.1) is 0 Å². The number of hydrogen-bond donors (Lipinski definition) is 0. The van der Waals surface area contributed by atoms with Crippen molar-refractivity contribution in [3.8, 4) is 6.07 Å². The fourth-order valence-corrected chi connectivity index (χ4v) is 3.13. The molecule has 1 aliphatic carbocycles. The van der Waals surface area contributed by atoms with Gasteiger partial charge in [-0.2, -0.15) is 5.26 Å². The van der Waals surface area contributed by atoms with E-state index in [4.69, 9.17) is 0 Å². The summed E-state index contributed by atoms with van der Waals surface area (Å²) in [7, 11) is 0. The quantitative estimate of drug-likeness (QED) is 0.727. The molecule has 0 atom stereocenters. The summed E-state index contributed by atoms with van der Waals surface area (Å²) in [5.74, 6) is 0.468. The lowest BCUT2D eigenvalue weighted by atomic mass is 9.68. The van der Waals surface area contributed by atoms with Crippen molar-refractivity contribution < 1.29 is 4.39 Å². The van der Waals surface area contributed by atoms with Crippen molar-refractivity contribution in [2.75, 3.05) is 0 Å². The van der Waals surface area contributed by atoms with Crippen molar-refractivity contribution in [2.24, 2.45) is 5.92 Å². The highest BCUT2D eigenvalue weighted by molar-refractivity contribution is 9.08. The Bertz CT molecular complexity index is 470. The molecule has 1 saturated carbocycles. The summed E-state index contributed by atoms with van der Waals surface area (Å²) >= 11 is 3.26. The van der Waals surface area contributed by atoms with E-state index in [1.54, 1.807) is 12.1 Å². The van der Waals surface area contributed by atoms with Crippen LogP contribution in [0.25, 0.3) is 0 Å². The lowest BCUT2D eigenvalue weighted by Crippen LogP contribution is -2.29. The molecule has 3 heteroatoms. The monoisotopic (exact) mass is 309 g/mol. The maximum Gasteiger partial charge on any atom is 0.127 e. The summed E-state index contributed by atoms with van der Waals surface area (Å²) in [6.45, 7) is 2.22. The first-order valence-electron chi connectivity index (χ1n) is 6.37. The first-order chi connectivity index (χ1) is 8.61. The second kappa shape index (κ2) is 5.40. The minimum Gasteiger partial charge on any atom is -0.207 e. The van der Waals surface area contributed by atoms with Gasteiger partial charge in [0.25, 0.3) is 0 Å². The van der Waals surface area contributed by atoms with E-state index in [9.17, 15) is 9.65 Å². The SMILES string of the molecule is C[C@H]1CC[C@](C#N)(c2ccc(CBr)c(F)c2)CC1. The van der Waals surface area contributed by atoms with Crippen LogP contribution in [-0.2, 0) is 10.7 Å². The first kappa shape index (κ1) is 13.5. The number of nitrogens with zero attached hydrogens (tertiary/aromatic N) is 1. The van der Waals surface area contributed by atoms with Crippen LogP contribution in [0.5, 0.6) is 0 Å². The molecule has 2 rings (SSSR count). The third kappa shape index (κ3) is 2.44. The Morgan fingerprint density at radius 3 is 2.61 bits per heavy atom. The normalized spacial score (nSPS) is 27.8. The molecule has 18 heavy (non-hydrogen) atoms. The standard InChI is InChI=1S/C15H17BrFN/c1-11-4-6-15(10-18,7-5-11)13-3-2-12(9-16)14(17)8-13/h2-3,8,11H,4-7,9H2,1H3/t11-,15-. The summed E-state index contributed by atoms with van der Waals surface area (Å²) in [6, 6.07) is 7.70. The van der Waals surface area contributed by atoms with Crippen LogP contribution < -0.4 is 0 Å². The Kier molecular flexibility index (Phi) is 4.07. The van der Waals surface area contributed by atoms with Crippen molar-refractivity contribution in [3.63, 3.8) is 0 Å². The highest BCUT2D eigenvalue weighted by Crippen LogP contribution is 2.41. The fraction of sp³-hybridized carbons (Fsp3) is 0.533. The molecule has 0 N–H and O–H groups in total. The Morgan fingerprint density at radius 2 is 2.11 bits per heavy atom. The van der Waals surface area contributed by atoms with Gasteiger partial charge >= 0.3 is 0 Å². The molecule has 0 aromatic heterocycles. The molecule has 0 amide bonds. The van der Waals surface area contributed by atoms with Crippen molar-refractivity contribution in [1.29, 1.82) is 5.26 Å². The zero-order chi connectivity index (χ0) is 13.2. The molecule has 0 aliphatic heterocycles. The highest BCUT2D eigenvalue weighted by atomic mass is 79.9. The Morgan fingerprint density at radius 1 is 1.44 bits per heavy atom. The maximum absolute atomic E-state index is 13.8. The van der Waals surface area contributed by atoms with Crippen LogP contribution in [-0.4, -0.2) is 0 Å². The molecule has 1 nitrogen and oxygen atoms in total. The zero-order valence-corrected chi connectivity index (χ0v) is 12.1. The molecular formula is C15H17BrFN. The number of hydrogen-bond acceptors (Lipinski definition) is 1. The van der Waals surface area contributed by atoms with E-state index in [0.29, 0.717) is 16.8 Å². The van der Waals surface area contributed by atoms with E-state index in [0.717, 1.165) is 31.2 Å². The van der Waals surface area contributed by atoms with Crippen molar-refractivity contribution in [1.82, 2.24) is 0 Å². The minimum absolute atomic E-state index is 0.211. The van der Waals surface area contributed by atoms with Gasteiger partial charge in [-0.1, -0.05) is 35.0 Å². The summed E-state index contributed by atoms with van der Waals surface area (Å²) in [4.78, 5) is 0. The third-order valence-corrected chi connectivity index (χ3v) is 4.70. The second-order valence-corrected chi connectivity index (χ2v) is 5.88. The maximum atomic E-state index is 13.8. The number of nitriles is 1. The number of rotatable bonds is 2. The van der Waals surface area contributed by atoms with Crippen LogP contribution in [0.2, 0.25) is 0 Å². The van der Waals surface area contributed by atoms with Crippen molar-refractivity contribution >= 4 is 15.9 Å². The van der Waals surface area contributed by atoms with Gasteiger partial charge in [0.1, 0.15) is 5.82 Å². The molecule has 0 bridgehead atoms. The molecular weight excluding hydrogens is 293 g/mol. The van der Waals surface area contributed by atoms with E-state index in [1.807, 2.05) is 6.07 Å². The summed E-state index contributed by atoms with van der Waals surface area (Å²) in [5, 5.41) is 10.0. The van der Waals surface area contributed by atoms with Crippen molar-refractivity contribution in [3.05, 3.63) is 35.1 Å². The number of halogens is 2. The van der Waals surface area contributed by atoms with Gasteiger partial charge in [0.05, 0.1) is 11.5 Å². The molecule has 96 valence electrons. The summed E-state index contributed by atoms with van der Waals surface area (Å²) in [5.41, 5.74) is 1.02. The van der Waals surface area contributed by atoms with Gasteiger partial charge < -0.3 is 0 Å². The van der Waals surface area contributed by atoms with Crippen LogP contribution in [0, 0.1) is 23.1 Å². The van der Waals surface area contributed by atoms with E-state index in [2.05, 4.69) is 28.9 Å². The van der Waals surface area contributed by atoms with Gasteiger partial charge in [0.2, 0.25) is 0 Å². The predicted octanol–water partition coefficient (Wildman–Crippen LogP) is 4.69. The average Bonchev–Trinajstić information content (AvgIpc) is 2.40. The lowest BCUT2D eigenvalue weighted by Gasteiger charge is -2.34. The van der Waals surface area contributed by atoms with E-state index < -0.39 is 5.41 Å². The summed E-state index contributed by atoms with van der Waals surface area (Å²) < 4.78 is 13.8. The molecule has 0 radical (unpaired) electrons. The number of benzene rings is 1. The zero-order valence-electron chi connectivity index (χ0n) is 10.5. The van der Waals surface area contributed by atoms with Crippen LogP contribution in [0.1, 0.15) is 43.7 Å². The van der Waals surface area contributed by atoms with E-state index in [1.165, 1.54) is 0 Å². The first-order valence-corrected chi connectivity index (χ1v) is 7.49. The van der Waals surface area contributed by atoms with E-state index >= 15 is 0 Å². The Labute approximate surface area is 116 Å². The topological polar surface area (TPSA) is 23.8 Å². The lowest BCUT2D eigenvalue weighted by molar-refractivity contribution is 0.294. The van der Waals surface area contributed by atoms with Gasteiger partial charge in [-0.25, -0.2) is 4.39 Å². The van der Waals surface area contributed by atoms with Gasteiger partial charge in [-0.05, 0) is 48.8 Å². The molecule has 1 fully saturated rings. The molecule has 0 heterocycles. The molecule has 0 saturated heterocycles. The minimum atomic E-state index is -0.474. The van der Waals surface area contributed by atoms with Crippen LogP contribution in [0.15, 0.2) is 18.2 Å². The molecule has 1 aliphatic rings. The largest absolute Gasteiger partial charge is 0.207 e. The average molecular weight is 310 g/mol. The smallest absolute Gasteiger partial charge is 0.127 e. The van der Waals surface area contributed by atoms with Crippen molar-refractivity contribution in [2.45, 2.75) is 43.4 Å². The molecule has 0 unspecified atom stereocenters. The fourth-order valence-electron chi connectivity index (χ4n) is 2.67. The van der Waals surface area contributed by atoms with Crippen LogP contribution >= 0.6 is 15.9 Å².